The molecule has 0 aromatic heterocycles. The van der Waals surface area contributed by atoms with E-state index in [1.807, 2.05) is 0 Å². The Kier molecular flexibility index (Phi) is 5.26. The summed E-state index contributed by atoms with van der Waals surface area (Å²) in [6.07, 6.45) is 4.58. The van der Waals surface area contributed by atoms with Gasteiger partial charge in [0.2, 0.25) is 0 Å². The summed E-state index contributed by atoms with van der Waals surface area (Å²) in [6.45, 7) is 6.63. The fourth-order valence-corrected chi connectivity index (χ4v) is 2.43. The van der Waals surface area contributed by atoms with Crippen LogP contribution < -0.4 is 0 Å². The lowest BCUT2D eigenvalue weighted by Crippen LogP contribution is -2.33. The molecule has 0 unspecified atom stereocenters. The van der Waals surface area contributed by atoms with Crippen molar-refractivity contribution in [3.8, 4) is 0 Å². The molecule has 1 rings (SSSR count). The Morgan fingerprint density at radius 2 is 2.19 bits per heavy atom. The maximum atomic E-state index is 10.5. The van der Waals surface area contributed by atoms with Gasteiger partial charge in [-0.1, -0.05) is 32.3 Å². The second kappa shape index (κ2) is 6.24. The predicted octanol–water partition coefficient (Wildman–Crippen LogP) is 3.22. The Morgan fingerprint density at radius 3 is 2.75 bits per heavy atom. The molecule has 1 saturated carbocycles. The van der Waals surface area contributed by atoms with Crippen molar-refractivity contribution in [2.24, 2.45) is 22.9 Å². The van der Waals surface area contributed by atoms with E-state index in [2.05, 4.69) is 25.9 Å². The normalized spacial score (nSPS) is 30.9. The van der Waals surface area contributed by atoms with Gasteiger partial charge in [-0.15, -0.1) is 0 Å². The van der Waals surface area contributed by atoms with Crippen LogP contribution in [0.1, 0.15) is 40.0 Å². The van der Waals surface area contributed by atoms with Gasteiger partial charge in [-0.05, 0) is 36.3 Å². The number of nitrogens with zero attached hydrogens (tertiary/aromatic N) is 1. The zero-order valence-electron chi connectivity index (χ0n) is 10.1. The highest BCUT2D eigenvalue weighted by atomic mass is 35.5. The highest BCUT2D eigenvalue weighted by Gasteiger charge is 2.32. The molecule has 92 valence electrons. The van der Waals surface area contributed by atoms with Crippen LogP contribution in [0.5, 0.6) is 0 Å². The van der Waals surface area contributed by atoms with Crippen LogP contribution >= 0.6 is 11.6 Å². The third kappa shape index (κ3) is 4.12. The third-order valence-corrected chi connectivity index (χ3v) is 3.41. The molecular formula is C12H20ClNO2. The molecule has 16 heavy (non-hydrogen) atoms. The van der Waals surface area contributed by atoms with Crippen LogP contribution in [0.15, 0.2) is 5.16 Å². The van der Waals surface area contributed by atoms with Crippen molar-refractivity contribution in [3.63, 3.8) is 0 Å². The van der Waals surface area contributed by atoms with Crippen LogP contribution in [-0.2, 0) is 9.63 Å². The number of oxime groups is 1. The van der Waals surface area contributed by atoms with E-state index in [-0.39, 0.29) is 6.10 Å². The van der Waals surface area contributed by atoms with Crippen LogP contribution in [0, 0.1) is 17.8 Å². The summed E-state index contributed by atoms with van der Waals surface area (Å²) < 4.78 is 0. The lowest BCUT2D eigenvalue weighted by molar-refractivity contribution is -0.106. The lowest BCUT2D eigenvalue weighted by atomic mass is 9.75. The highest BCUT2D eigenvalue weighted by molar-refractivity contribution is 6.77. The van der Waals surface area contributed by atoms with Crippen molar-refractivity contribution in [2.45, 2.75) is 46.1 Å². The average molecular weight is 246 g/mol. The van der Waals surface area contributed by atoms with Crippen LogP contribution in [0.2, 0.25) is 0 Å². The summed E-state index contributed by atoms with van der Waals surface area (Å²) in [5.74, 6) is 1.78. The Labute approximate surface area is 102 Å². The van der Waals surface area contributed by atoms with Crippen LogP contribution in [0.25, 0.3) is 0 Å². The smallest absolute Gasteiger partial charge is 0.266 e. The topological polar surface area (TPSA) is 38.7 Å². The van der Waals surface area contributed by atoms with Crippen molar-refractivity contribution in [1.82, 2.24) is 0 Å². The van der Waals surface area contributed by atoms with Gasteiger partial charge in [-0.25, -0.2) is 0 Å². The van der Waals surface area contributed by atoms with E-state index < -0.39 is 5.24 Å². The number of hydrogen-bond acceptors (Lipinski definition) is 3. The largest absolute Gasteiger partial charge is 0.392 e. The molecule has 1 fully saturated rings. The van der Waals surface area contributed by atoms with Gasteiger partial charge in [0, 0.05) is 5.92 Å². The third-order valence-electron chi connectivity index (χ3n) is 3.31. The Morgan fingerprint density at radius 1 is 1.50 bits per heavy atom. The molecule has 0 bridgehead atoms. The van der Waals surface area contributed by atoms with Crippen molar-refractivity contribution >= 4 is 23.1 Å². The van der Waals surface area contributed by atoms with Crippen molar-refractivity contribution in [1.29, 1.82) is 0 Å². The molecule has 0 radical (unpaired) electrons. The Hall–Kier alpha value is -0.570. The standard InChI is InChI=1S/C12H20ClNO2/c1-8(2)10-5-4-9(3)6-11(10)16-14-7-12(13)15/h7-11H,4-6H2,1-3H3/t9-,10+,11+/m1/s1. The summed E-state index contributed by atoms with van der Waals surface area (Å²) in [5, 5.41) is 3.06. The first kappa shape index (κ1) is 13.5. The van der Waals surface area contributed by atoms with Gasteiger partial charge in [-0.2, -0.15) is 0 Å². The van der Waals surface area contributed by atoms with E-state index in [4.69, 9.17) is 16.4 Å². The minimum absolute atomic E-state index is 0.121. The van der Waals surface area contributed by atoms with Gasteiger partial charge in [0.05, 0.1) is 0 Å². The average Bonchev–Trinajstić information content (AvgIpc) is 2.16. The van der Waals surface area contributed by atoms with Crippen LogP contribution in [-0.4, -0.2) is 17.6 Å². The fraction of sp³-hybridized carbons (Fsp3) is 0.833. The van der Waals surface area contributed by atoms with Gasteiger partial charge >= 0.3 is 0 Å². The minimum atomic E-state index is -0.593. The molecular weight excluding hydrogens is 226 g/mol. The van der Waals surface area contributed by atoms with E-state index in [9.17, 15) is 4.79 Å². The number of hydrogen-bond donors (Lipinski definition) is 0. The molecule has 1 aliphatic rings. The van der Waals surface area contributed by atoms with E-state index >= 15 is 0 Å². The molecule has 0 saturated heterocycles. The second-order valence-corrected chi connectivity index (χ2v) is 5.38. The zero-order valence-corrected chi connectivity index (χ0v) is 10.9. The van der Waals surface area contributed by atoms with Crippen molar-refractivity contribution < 1.29 is 9.63 Å². The second-order valence-electron chi connectivity index (χ2n) is 5.01. The van der Waals surface area contributed by atoms with E-state index in [1.54, 1.807) is 0 Å². The van der Waals surface area contributed by atoms with E-state index in [1.165, 1.54) is 12.8 Å². The molecule has 3 atom stereocenters. The maximum absolute atomic E-state index is 10.5. The first-order valence-electron chi connectivity index (χ1n) is 5.89. The molecule has 0 aliphatic heterocycles. The van der Waals surface area contributed by atoms with Crippen LogP contribution in [0.3, 0.4) is 0 Å². The van der Waals surface area contributed by atoms with Gasteiger partial charge in [0.1, 0.15) is 12.3 Å². The summed E-state index contributed by atoms with van der Waals surface area (Å²) in [4.78, 5) is 15.9. The Bertz CT molecular complexity index is 266. The quantitative estimate of drug-likeness (QED) is 0.433. The number of rotatable bonds is 4. The molecule has 0 amide bonds. The van der Waals surface area contributed by atoms with Gasteiger partial charge < -0.3 is 4.84 Å². The van der Waals surface area contributed by atoms with Gasteiger partial charge in [-0.3, -0.25) is 4.79 Å². The molecule has 0 N–H and O–H groups in total. The number of carbonyl (C=O) groups is 1. The highest BCUT2D eigenvalue weighted by Crippen LogP contribution is 2.35. The molecule has 1 aliphatic carbocycles. The minimum Gasteiger partial charge on any atom is -0.392 e. The van der Waals surface area contributed by atoms with Gasteiger partial charge in [0.15, 0.2) is 0 Å². The lowest BCUT2D eigenvalue weighted by Gasteiger charge is -2.35. The molecule has 0 aromatic rings. The van der Waals surface area contributed by atoms with Crippen molar-refractivity contribution in [3.05, 3.63) is 0 Å². The number of halogens is 1. The monoisotopic (exact) mass is 245 g/mol. The van der Waals surface area contributed by atoms with Crippen molar-refractivity contribution in [2.75, 3.05) is 0 Å². The number of carbonyl (C=O) groups excluding carboxylic acids is 1. The molecule has 3 nitrogen and oxygen atoms in total. The molecule has 0 spiro atoms. The van der Waals surface area contributed by atoms with E-state index in [0.29, 0.717) is 17.8 Å². The van der Waals surface area contributed by atoms with E-state index in [0.717, 1.165) is 12.6 Å². The Balaban J connectivity index is 2.54. The summed E-state index contributed by atoms with van der Waals surface area (Å²) >= 11 is 5.15. The predicted molar refractivity (Wildman–Crippen MR) is 65.6 cm³/mol. The first-order chi connectivity index (χ1) is 7.50. The maximum Gasteiger partial charge on any atom is 0.266 e. The fourth-order valence-electron chi connectivity index (χ4n) is 2.39. The molecule has 0 heterocycles. The first-order valence-corrected chi connectivity index (χ1v) is 6.27. The SMILES string of the molecule is CC(C)[C@@H]1CC[C@@H](C)C[C@@H]1ON=CC(=O)Cl. The van der Waals surface area contributed by atoms with Crippen LogP contribution in [0.4, 0.5) is 0 Å². The summed E-state index contributed by atoms with van der Waals surface area (Å²) in [7, 11) is 0. The molecule has 0 aromatic carbocycles. The van der Waals surface area contributed by atoms with Gasteiger partial charge in [0.25, 0.3) is 5.24 Å². The zero-order chi connectivity index (χ0) is 12.1. The summed E-state index contributed by atoms with van der Waals surface area (Å²) in [5.41, 5.74) is 0. The summed E-state index contributed by atoms with van der Waals surface area (Å²) in [6, 6.07) is 0. The molecule has 4 heteroatoms.